The lowest BCUT2D eigenvalue weighted by Crippen LogP contribution is -2.35. The van der Waals surface area contributed by atoms with Crippen LogP contribution in [0.4, 0.5) is 0 Å². The standard InChI is InChI=1S/C21H23N3O3S2/c1-14-4-5-15(2)19(12-14)29(26,27)23-11-10-22-20(25)17-6-8-18(9-7-17)21-24-16(3)13-28-21/h4-9,12-13,23H,10-11H2,1-3H3,(H,22,25). The van der Waals surface area contributed by atoms with Gasteiger partial charge in [0, 0.05) is 35.3 Å². The van der Waals surface area contributed by atoms with Gasteiger partial charge in [-0.2, -0.15) is 0 Å². The Kier molecular flexibility index (Phi) is 6.46. The predicted octanol–water partition coefficient (Wildman–Crippen LogP) is 3.44. The first-order chi connectivity index (χ1) is 13.8. The molecule has 0 atom stereocenters. The maximum atomic E-state index is 12.5. The first-order valence-corrected chi connectivity index (χ1v) is 11.5. The van der Waals surface area contributed by atoms with Crippen molar-refractivity contribution in [2.45, 2.75) is 25.7 Å². The summed E-state index contributed by atoms with van der Waals surface area (Å²) >= 11 is 1.56. The third kappa shape index (κ3) is 5.29. The van der Waals surface area contributed by atoms with Gasteiger partial charge in [-0.3, -0.25) is 4.79 Å². The lowest BCUT2D eigenvalue weighted by Gasteiger charge is -2.11. The van der Waals surface area contributed by atoms with Crippen LogP contribution in [0.25, 0.3) is 10.6 Å². The number of carbonyl (C=O) groups excluding carboxylic acids is 1. The fourth-order valence-electron chi connectivity index (χ4n) is 2.79. The molecule has 0 aliphatic heterocycles. The average molecular weight is 430 g/mol. The molecule has 1 aromatic heterocycles. The molecule has 152 valence electrons. The highest BCUT2D eigenvalue weighted by Gasteiger charge is 2.16. The summed E-state index contributed by atoms with van der Waals surface area (Å²) in [6.07, 6.45) is 0. The maximum Gasteiger partial charge on any atom is 0.251 e. The number of nitrogens with one attached hydrogen (secondary N) is 2. The van der Waals surface area contributed by atoms with Crippen molar-refractivity contribution in [1.82, 2.24) is 15.0 Å². The third-order valence-corrected chi connectivity index (χ3v) is 6.96. The SMILES string of the molecule is Cc1ccc(C)c(S(=O)(=O)NCCNC(=O)c2ccc(-c3nc(C)cs3)cc2)c1. The second-order valence-electron chi connectivity index (χ2n) is 6.79. The zero-order valence-electron chi connectivity index (χ0n) is 16.5. The van der Waals surface area contributed by atoms with E-state index in [9.17, 15) is 13.2 Å². The van der Waals surface area contributed by atoms with E-state index in [-0.39, 0.29) is 23.9 Å². The van der Waals surface area contributed by atoms with Crippen LogP contribution in [0.1, 0.15) is 27.2 Å². The summed E-state index contributed by atoms with van der Waals surface area (Å²) in [4.78, 5) is 17.0. The quantitative estimate of drug-likeness (QED) is 0.563. The average Bonchev–Trinajstić information content (AvgIpc) is 3.13. The van der Waals surface area contributed by atoms with Crippen molar-refractivity contribution in [1.29, 1.82) is 0 Å². The molecule has 0 bridgehead atoms. The highest BCUT2D eigenvalue weighted by molar-refractivity contribution is 7.89. The Morgan fingerprint density at radius 1 is 1.03 bits per heavy atom. The van der Waals surface area contributed by atoms with E-state index in [4.69, 9.17) is 0 Å². The molecular weight excluding hydrogens is 406 g/mol. The lowest BCUT2D eigenvalue weighted by molar-refractivity contribution is 0.0954. The summed E-state index contributed by atoms with van der Waals surface area (Å²) < 4.78 is 27.5. The largest absolute Gasteiger partial charge is 0.351 e. The van der Waals surface area contributed by atoms with E-state index in [1.54, 1.807) is 42.5 Å². The van der Waals surface area contributed by atoms with Gasteiger partial charge in [-0.25, -0.2) is 18.1 Å². The Hall–Kier alpha value is -2.55. The number of sulfonamides is 1. The topological polar surface area (TPSA) is 88.2 Å². The first kappa shape index (κ1) is 21.2. The molecule has 2 aromatic carbocycles. The van der Waals surface area contributed by atoms with Crippen LogP contribution >= 0.6 is 11.3 Å². The van der Waals surface area contributed by atoms with E-state index >= 15 is 0 Å². The lowest BCUT2D eigenvalue weighted by atomic mass is 10.1. The van der Waals surface area contributed by atoms with Gasteiger partial charge in [0.2, 0.25) is 10.0 Å². The van der Waals surface area contributed by atoms with Gasteiger partial charge >= 0.3 is 0 Å². The van der Waals surface area contributed by atoms with Crippen molar-refractivity contribution in [2.75, 3.05) is 13.1 Å². The van der Waals surface area contributed by atoms with Crippen LogP contribution in [-0.2, 0) is 10.0 Å². The summed E-state index contributed by atoms with van der Waals surface area (Å²) in [6.45, 7) is 5.84. The third-order valence-electron chi connectivity index (χ3n) is 4.35. The number of hydrogen-bond donors (Lipinski definition) is 2. The summed E-state index contributed by atoms with van der Waals surface area (Å²) in [6, 6.07) is 12.5. The molecule has 29 heavy (non-hydrogen) atoms. The molecule has 3 aromatic rings. The summed E-state index contributed by atoms with van der Waals surface area (Å²) in [7, 11) is -3.62. The van der Waals surface area contributed by atoms with Gasteiger partial charge in [0.25, 0.3) is 5.91 Å². The van der Waals surface area contributed by atoms with Gasteiger partial charge < -0.3 is 5.32 Å². The first-order valence-electron chi connectivity index (χ1n) is 9.14. The van der Waals surface area contributed by atoms with E-state index in [0.717, 1.165) is 21.8 Å². The van der Waals surface area contributed by atoms with Crippen LogP contribution in [-0.4, -0.2) is 32.4 Å². The number of nitrogens with zero attached hydrogens (tertiary/aromatic N) is 1. The zero-order valence-corrected chi connectivity index (χ0v) is 18.2. The van der Waals surface area contributed by atoms with E-state index in [0.29, 0.717) is 11.1 Å². The fraction of sp³-hybridized carbons (Fsp3) is 0.238. The number of thiazole rings is 1. The van der Waals surface area contributed by atoms with E-state index in [1.165, 1.54) is 0 Å². The minimum absolute atomic E-state index is 0.109. The molecule has 8 heteroatoms. The van der Waals surface area contributed by atoms with Crippen LogP contribution in [0, 0.1) is 20.8 Å². The highest BCUT2D eigenvalue weighted by Crippen LogP contribution is 2.23. The van der Waals surface area contributed by atoms with Crippen LogP contribution in [0.3, 0.4) is 0 Å². The molecule has 0 saturated carbocycles. The monoisotopic (exact) mass is 429 g/mol. The van der Waals surface area contributed by atoms with Gasteiger partial charge in [-0.05, 0) is 50.1 Å². The molecule has 1 amide bonds. The molecule has 6 nitrogen and oxygen atoms in total. The van der Waals surface area contributed by atoms with Crippen LogP contribution in [0.5, 0.6) is 0 Å². The van der Waals surface area contributed by atoms with Gasteiger partial charge in [0.15, 0.2) is 0 Å². The minimum Gasteiger partial charge on any atom is -0.351 e. The number of benzene rings is 2. The van der Waals surface area contributed by atoms with Crippen molar-refractivity contribution in [2.24, 2.45) is 0 Å². The minimum atomic E-state index is -3.62. The Morgan fingerprint density at radius 2 is 1.76 bits per heavy atom. The summed E-state index contributed by atoms with van der Waals surface area (Å²) in [5, 5.41) is 5.63. The van der Waals surface area contributed by atoms with Crippen molar-refractivity contribution in [3.63, 3.8) is 0 Å². The predicted molar refractivity (Wildman–Crippen MR) is 116 cm³/mol. The smallest absolute Gasteiger partial charge is 0.251 e. The van der Waals surface area contributed by atoms with Crippen molar-refractivity contribution in [3.8, 4) is 10.6 Å². The van der Waals surface area contributed by atoms with Gasteiger partial charge in [-0.15, -0.1) is 11.3 Å². The molecule has 0 radical (unpaired) electrons. The molecule has 2 N–H and O–H groups in total. The normalized spacial score (nSPS) is 11.4. The fourth-order valence-corrected chi connectivity index (χ4v) is 4.95. The van der Waals surface area contributed by atoms with Crippen molar-refractivity contribution in [3.05, 3.63) is 70.2 Å². The number of rotatable bonds is 7. The number of hydrogen-bond acceptors (Lipinski definition) is 5. The number of aromatic nitrogens is 1. The summed E-state index contributed by atoms with van der Waals surface area (Å²) in [5.74, 6) is -0.252. The molecule has 0 fully saturated rings. The Bertz CT molecular complexity index is 1120. The molecule has 0 aliphatic rings. The molecule has 3 rings (SSSR count). The molecule has 0 saturated heterocycles. The Balaban J connectivity index is 1.54. The molecule has 0 unspecified atom stereocenters. The second-order valence-corrected chi connectivity index (χ2v) is 9.39. The zero-order chi connectivity index (χ0) is 21.0. The highest BCUT2D eigenvalue weighted by atomic mass is 32.2. The Labute approximate surface area is 175 Å². The van der Waals surface area contributed by atoms with Gasteiger partial charge in [-0.1, -0.05) is 24.3 Å². The summed E-state index contributed by atoms with van der Waals surface area (Å²) in [5.41, 5.74) is 4.00. The number of amides is 1. The van der Waals surface area contributed by atoms with Crippen LogP contribution < -0.4 is 10.0 Å². The van der Waals surface area contributed by atoms with Crippen molar-refractivity contribution >= 4 is 27.3 Å². The van der Waals surface area contributed by atoms with Crippen LogP contribution in [0.2, 0.25) is 0 Å². The molecule has 0 aliphatic carbocycles. The van der Waals surface area contributed by atoms with E-state index < -0.39 is 10.0 Å². The van der Waals surface area contributed by atoms with E-state index in [1.807, 2.05) is 37.4 Å². The number of aryl methyl sites for hydroxylation is 3. The molecule has 1 heterocycles. The maximum absolute atomic E-state index is 12.5. The van der Waals surface area contributed by atoms with Gasteiger partial charge in [0.1, 0.15) is 5.01 Å². The molecular formula is C21H23N3O3S2. The number of carbonyl (C=O) groups is 1. The Morgan fingerprint density at radius 3 is 2.41 bits per heavy atom. The van der Waals surface area contributed by atoms with Gasteiger partial charge in [0.05, 0.1) is 4.90 Å². The second kappa shape index (κ2) is 8.86. The van der Waals surface area contributed by atoms with Crippen molar-refractivity contribution < 1.29 is 13.2 Å². The van der Waals surface area contributed by atoms with E-state index in [2.05, 4.69) is 15.0 Å². The molecule has 0 spiro atoms. The van der Waals surface area contributed by atoms with Crippen LogP contribution in [0.15, 0.2) is 52.7 Å².